The molecule has 15 rings (SSSR count). The predicted octanol–water partition coefficient (Wildman–Crippen LogP) is 12.2. The molecule has 0 aliphatic heterocycles. The molecule has 0 spiro atoms. The van der Waals surface area contributed by atoms with Crippen molar-refractivity contribution in [1.82, 2.24) is 24.1 Å². The van der Waals surface area contributed by atoms with Crippen LogP contribution in [0.25, 0.3) is 78.0 Å². The molecule has 0 atom stereocenters. The van der Waals surface area contributed by atoms with Crippen LogP contribution >= 0.6 is 0 Å². The predicted molar refractivity (Wildman–Crippen MR) is 347 cm³/mol. The molecule has 15 aromatic rings. The number of para-hydroxylation sites is 3. The van der Waals surface area contributed by atoms with Crippen LogP contribution in [0.2, 0.25) is 0 Å². The third-order valence-electron chi connectivity index (χ3n) is 16.7. The summed E-state index contributed by atoms with van der Waals surface area (Å²) >= 11 is 0. The van der Waals surface area contributed by atoms with Crippen molar-refractivity contribution < 1.29 is 0 Å². The van der Waals surface area contributed by atoms with E-state index in [1.807, 2.05) is 0 Å². The first-order chi connectivity index (χ1) is 40.7. The second kappa shape index (κ2) is 20.4. The lowest BCUT2D eigenvalue weighted by atomic mass is 10.1. The Kier molecular flexibility index (Phi) is 12.1. The molecule has 0 N–H and O–H groups in total. The van der Waals surface area contributed by atoms with Crippen molar-refractivity contribution in [3.63, 3.8) is 0 Å². The lowest BCUT2D eigenvalue weighted by Crippen LogP contribution is -2.74. The van der Waals surface area contributed by atoms with Crippen LogP contribution in [0.3, 0.4) is 0 Å². The maximum atomic E-state index is 5.74. The van der Waals surface area contributed by atoms with Gasteiger partial charge in [-0.15, -0.1) is 0 Å². The third kappa shape index (κ3) is 7.85. The molecular formula is C75H53N5Si2. The van der Waals surface area contributed by atoms with Crippen LogP contribution in [0.4, 0.5) is 0 Å². The van der Waals surface area contributed by atoms with Crippen LogP contribution in [-0.4, -0.2) is 40.2 Å². The molecule has 0 fully saturated rings. The Morgan fingerprint density at radius 2 is 0.598 bits per heavy atom. The molecule has 0 bridgehead atoms. The van der Waals surface area contributed by atoms with Gasteiger partial charge in [-0.2, -0.15) is 9.97 Å². The monoisotopic (exact) mass is 1080 g/mol. The Morgan fingerprint density at radius 1 is 0.244 bits per heavy atom. The molecule has 386 valence electrons. The molecule has 12 aromatic carbocycles. The van der Waals surface area contributed by atoms with Gasteiger partial charge in [0.1, 0.15) is 0 Å². The molecule has 0 aliphatic rings. The molecule has 3 aromatic heterocycles. The normalized spacial score (nSPS) is 11.9. The number of hydrogen-bond acceptors (Lipinski definition) is 3. The van der Waals surface area contributed by atoms with Crippen LogP contribution < -0.4 is 41.5 Å². The fourth-order valence-corrected chi connectivity index (χ4v) is 22.8. The molecule has 0 unspecified atom stereocenters. The van der Waals surface area contributed by atoms with Crippen molar-refractivity contribution in [2.45, 2.75) is 0 Å². The minimum atomic E-state index is -2.96. The summed E-state index contributed by atoms with van der Waals surface area (Å²) in [4.78, 5) is 17.1. The average Bonchev–Trinajstić information content (AvgIpc) is 3.18. The second-order valence-electron chi connectivity index (χ2n) is 21.0. The lowest BCUT2D eigenvalue weighted by Gasteiger charge is -2.34. The smallest absolute Gasteiger partial charge is 0.238 e. The van der Waals surface area contributed by atoms with E-state index in [4.69, 9.17) is 15.0 Å². The van der Waals surface area contributed by atoms with Crippen molar-refractivity contribution in [2.75, 3.05) is 0 Å². The maximum absolute atomic E-state index is 5.74. The van der Waals surface area contributed by atoms with Gasteiger partial charge in [-0.1, -0.05) is 291 Å². The number of fused-ring (bicyclic) bond motifs is 7. The number of aromatic nitrogens is 5. The van der Waals surface area contributed by atoms with Gasteiger partial charge in [0, 0.05) is 38.4 Å². The second-order valence-corrected chi connectivity index (χ2v) is 28.7. The summed E-state index contributed by atoms with van der Waals surface area (Å²) in [6, 6.07) is 117. The SMILES string of the molecule is c1ccc(-n2c3ccccc3c3c2ccc2c4ccccc4n(-c4nc(-c5cccc([Si](c6ccccc6)(c6ccccc6)c6ccccc6)c5)nc(-c5cccc([Si](c6ccccc6)(c6ccccc6)c6ccccc6)c5)n4)c23)cc1. The fourth-order valence-electron chi connectivity index (χ4n) is 13.2. The molecule has 0 amide bonds. The van der Waals surface area contributed by atoms with Gasteiger partial charge >= 0.3 is 0 Å². The van der Waals surface area contributed by atoms with E-state index in [0.29, 0.717) is 17.6 Å². The molecule has 0 saturated heterocycles. The van der Waals surface area contributed by atoms with E-state index in [9.17, 15) is 0 Å². The molecular weight excluding hydrogens is 1030 g/mol. The zero-order valence-corrected chi connectivity index (χ0v) is 46.8. The standard InChI is InChI=1S/C75H53N5Si2/c1-8-30-56(31-9-1)79-69-49-25-23-47-67(69)71-70(79)51-50-66-65-46-22-24-48-68(65)80(72(66)71)75-77-73(54-28-26-44-63(52-54)81(57-32-10-2-11-33-57,58-34-12-3-13-35-58)59-36-14-4-15-37-59)76-74(78-75)55-29-27-45-64(53-55)82(60-38-16-5-17-39-60,61-40-18-6-19-41-61)62-42-20-7-21-43-62/h1-53H. The number of benzene rings is 12. The molecule has 7 heteroatoms. The summed E-state index contributed by atoms with van der Waals surface area (Å²) in [5, 5.41) is 14.8. The average molecular weight is 1080 g/mol. The number of nitrogens with zero attached hydrogens (tertiary/aromatic N) is 5. The van der Waals surface area contributed by atoms with Crippen molar-refractivity contribution >= 4 is 101 Å². The summed E-state index contributed by atoms with van der Waals surface area (Å²) < 4.78 is 4.70. The highest BCUT2D eigenvalue weighted by molar-refractivity contribution is 7.20. The van der Waals surface area contributed by atoms with Crippen molar-refractivity contribution in [2.24, 2.45) is 0 Å². The Labute approximate surface area is 478 Å². The largest absolute Gasteiger partial charge is 0.309 e. The van der Waals surface area contributed by atoms with Gasteiger partial charge in [0.05, 0.1) is 22.1 Å². The van der Waals surface area contributed by atoms with Crippen molar-refractivity contribution in [3.05, 3.63) is 322 Å². The first-order valence-corrected chi connectivity index (χ1v) is 32.0. The number of rotatable bonds is 12. The zero-order chi connectivity index (χ0) is 54.5. The summed E-state index contributed by atoms with van der Waals surface area (Å²) in [5.41, 5.74) is 7.21. The van der Waals surface area contributed by atoms with Gasteiger partial charge in [-0.3, -0.25) is 4.57 Å². The van der Waals surface area contributed by atoms with E-state index >= 15 is 0 Å². The highest BCUT2D eigenvalue weighted by Crippen LogP contribution is 2.42. The van der Waals surface area contributed by atoms with Gasteiger partial charge in [-0.25, -0.2) is 4.98 Å². The Morgan fingerprint density at radius 3 is 1.02 bits per heavy atom. The van der Waals surface area contributed by atoms with Crippen LogP contribution in [0, 0.1) is 0 Å². The topological polar surface area (TPSA) is 48.5 Å². The lowest BCUT2D eigenvalue weighted by molar-refractivity contribution is 0.955. The Bertz CT molecular complexity index is 4400. The van der Waals surface area contributed by atoms with Crippen LogP contribution in [0.15, 0.2) is 322 Å². The van der Waals surface area contributed by atoms with Crippen LogP contribution in [-0.2, 0) is 0 Å². The van der Waals surface area contributed by atoms with Crippen LogP contribution in [0.5, 0.6) is 0 Å². The van der Waals surface area contributed by atoms with E-state index < -0.39 is 16.1 Å². The zero-order valence-electron chi connectivity index (χ0n) is 44.8. The molecule has 0 saturated carbocycles. The summed E-state index contributed by atoms with van der Waals surface area (Å²) in [6.45, 7) is 0. The minimum Gasteiger partial charge on any atom is -0.309 e. The van der Waals surface area contributed by atoms with E-state index in [2.05, 4.69) is 331 Å². The van der Waals surface area contributed by atoms with Crippen molar-refractivity contribution in [3.8, 4) is 34.4 Å². The molecule has 0 aliphatic carbocycles. The van der Waals surface area contributed by atoms with E-state index in [0.717, 1.165) is 60.4 Å². The first-order valence-electron chi connectivity index (χ1n) is 28.0. The first kappa shape index (κ1) is 48.8. The minimum absolute atomic E-state index is 0.543. The summed E-state index contributed by atoms with van der Waals surface area (Å²) in [5.74, 6) is 1.72. The molecule has 5 nitrogen and oxygen atoms in total. The van der Waals surface area contributed by atoms with Gasteiger partial charge < -0.3 is 4.57 Å². The van der Waals surface area contributed by atoms with Gasteiger partial charge in [0.25, 0.3) is 0 Å². The Balaban J connectivity index is 1.04. The van der Waals surface area contributed by atoms with E-state index in [-0.39, 0.29) is 0 Å². The van der Waals surface area contributed by atoms with Gasteiger partial charge in [-0.05, 0) is 71.8 Å². The van der Waals surface area contributed by atoms with Gasteiger partial charge in [0.2, 0.25) is 5.95 Å². The van der Waals surface area contributed by atoms with Gasteiger partial charge in [0.15, 0.2) is 27.8 Å². The van der Waals surface area contributed by atoms with Crippen LogP contribution in [0.1, 0.15) is 0 Å². The summed E-state index contributed by atoms with van der Waals surface area (Å²) in [7, 11) is -5.93. The molecule has 82 heavy (non-hydrogen) atoms. The summed E-state index contributed by atoms with van der Waals surface area (Å²) in [6.07, 6.45) is 0. The molecule has 3 heterocycles. The maximum Gasteiger partial charge on any atom is 0.238 e. The number of hydrogen-bond donors (Lipinski definition) is 0. The van der Waals surface area contributed by atoms with Crippen molar-refractivity contribution in [1.29, 1.82) is 0 Å². The quantitative estimate of drug-likeness (QED) is 0.0905. The third-order valence-corrected chi connectivity index (χ3v) is 26.2. The highest BCUT2D eigenvalue weighted by atomic mass is 28.3. The van der Waals surface area contributed by atoms with E-state index in [1.165, 1.54) is 41.5 Å². The highest BCUT2D eigenvalue weighted by Gasteiger charge is 2.43. The fraction of sp³-hybridized carbons (Fsp3) is 0. The van der Waals surface area contributed by atoms with E-state index in [1.54, 1.807) is 0 Å². The molecule has 0 radical (unpaired) electrons. The Hall–Kier alpha value is -10.3.